The number of carboxylic acid groups (broad SMARTS) is 1. The molecule has 0 unspecified atom stereocenters. The van der Waals surface area contributed by atoms with Crippen molar-refractivity contribution in [1.29, 1.82) is 0 Å². The van der Waals surface area contributed by atoms with Gasteiger partial charge in [-0.25, -0.2) is 0 Å². The maximum Gasteiger partial charge on any atom is 0.303 e. The van der Waals surface area contributed by atoms with Crippen molar-refractivity contribution in [1.82, 2.24) is 4.57 Å². The lowest BCUT2D eigenvalue weighted by molar-refractivity contribution is -0.136. The van der Waals surface area contributed by atoms with E-state index in [-0.39, 0.29) is 18.3 Å². The van der Waals surface area contributed by atoms with Crippen molar-refractivity contribution in [2.75, 3.05) is 0 Å². The molecule has 0 spiro atoms. The van der Waals surface area contributed by atoms with Crippen LogP contribution in [-0.4, -0.2) is 15.6 Å². The molecule has 0 aliphatic carbocycles. The molecule has 110 valence electrons. The van der Waals surface area contributed by atoms with E-state index >= 15 is 0 Å². The summed E-state index contributed by atoms with van der Waals surface area (Å²) in [6.45, 7) is 3.75. The standard InChI is InChI=1S/C16H16ClNO3/c1-10-3-5-13(8-14(10)17)18-9-12(4-6-16(20)21)15(19)7-11(18)2/h3,5,7-9H,4,6H2,1-2H3,(H,20,21). The molecule has 0 bridgehead atoms. The average molecular weight is 306 g/mol. The molecule has 1 aromatic heterocycles. The number of pyridine rings is 1. The number of aliphatic carboxylic acids is 1. The number of nitrogens with zero attached hydrogens (tertiary/aromatic N) is 1. The molecular formula is C16H16ClNO3. The Morgan fingerprint density at radius 3 is 2.62 bits per heavy atom. The quantitative estimate of drug-likeness (QED) is 0.944. The van der Waals surface area contributed by atoms with Crippen LogP contribution in [-0.2, 0) is 11.2 Å². The summed E-state index contributed by atoms with van der Waals surface area (Å²) in [6, 6.07) is 7.17. The molecule has 0 saturated heterocycles. The SMILES string of the molecule is Cc1ccc(-n2cc(CCC(=O)O)c(=O)cc2C)cc1Cl. The first-order valence-corrected chi connectivity index (χ1v) is 6.97. The van der Waals surface area contributed by atoms with Crippen molar-refractivity contribution in [3.63, 3.8) is 0 Å². The zero-order valence-electron chi connectivity index (χ0n) is 11.9. The fourth-order valence-corrected chi connectivity index (χ4v) is 2.29. The second kappa shape index (κ2) is 6.14. The Morgan fingerprint density at radius 2 is 2.00 bits per heavy atom. The lowest BCUT2D eigenvalue weighted by Gasteiger charge is -2.13. The number of carboxylic acids is 1. The van der Waals surface area contributed by atoms with Gasteiger partial charge in [-0.05, 0) is 38.0 Å². The van der Waals surface area contributed by atoms with Crippen molar-refractivity contribution in [3.05, 3.63) is 62.5 Å². The van der Waals surface area contributed by atoms with Crippen LogP contribution in [0.25, 0.3) is 5.69 Å². The minimum Gasteiger partial charge on any atom is -0.481 e. The Kier molecular flexibility index (Phi) is 4.48. The van der Waals surface area contributed by atoms with Gasteiger partial charge < -0.3 is 9.67 Å². The largest absolute Gasteiger partial charge is 0.481 e. The van der Waals surface area contributed by atoms with E-state index in [4.69, 9.17) is 16.7 Å². The van der Waals surface area contributed by atoms with E-state index in [1.165, 1.54) is 6.07 Å². The number of rotatable bonds is 4. The van der Waals surface area contributed by atoms with Gasteiger partial charge in [0.1, 0.15) is 0 Å². The Labute approximate surface area is 127 Å². The van der Waals surface area contributed by atoms with Gasteiger partial charge in [-0.2, -0.15) is 0 Å². The van der Waals surface area contributed by atoms with Crippen LogP contribution in [0.1, 0.15) is 23.2 Å². The van der Waals surface area contributed by atoms with E-state index in [1.54, 1.807) is 6.20 Å². The highest BCUT2D eigenvalue weighted by Crippen LogP contribution is 2.20. The lowest BCUT2D eigenvalue weighted by atomic mass is 10.1. The first kappa shape index (κ1) is 15.3. The molecule has 0 amide bonds. The maximum atomic E-state index is 11.9. The number of halogens is 1. The molecule has 4 nitrogen and oxygen atoms in total. The third-order valence-corrected chi connectivity index (χ3v) is 3.77. The van der Waals surface area contributed by atoms with Gasteiger partial charge in [0.2, 0.25) is 0 Å². The summed E-state index contributed by atoms with van der Waals surface area (Å²) in [5, 5.41) is 9.40. The van der Waals surface area contributed by atoms with Crippen molar-refractivity contribution in [2.45, 2.75) is 26.7 Å². The Bertz CT molecular complexity index is 750. The van der Waals surface area contributed by atoms with Crippen LogP contribution >= 0.6 is 11.6 Å². The van der Waals surface area contributed by atoms with Crippen LogP contribution in [0.15, 0.2) is 35.3 Å². The van der Waals surface area contributed by atoms with Gasteiger partial charge in [-0.1, -0.05) is 17.7 Å². The number of hydrogen-bond donors (Lipinski definition) is 1. The van der Waals surface area contributed by atoms with Gasteiger partial charge in [-0.15, -0.1) is 0 Å². The minimum absolute atomic E-state index is 0.0625. The smallest absolute Gasteiger partial charge is 0.303 e. The molecule has 2 aromatic rings. The maximum absolute atomic E-state index is 11.9. The molecule has 0 saturated carbocycles. The number of hydrogen-bond acceptors (Lipinski definition) is 2. The molecule has 1 aromatic carbocycles. The summed E-state index contributed by atoms with van der Waals surface area (Å²) in [5.41, 5.74) is 2.95. The summed E-state index contributed by atoms with van der Waals surface area (Å²) in [7, 11) is 0. The second-order valence-corrected chi connectivity index (χ2v) is 5.41. The Balaban J connectivity index is 2.47. The third-order valence-electron chi connectivity index (χ3n) is 3.36. The molecular weight excluding hydrogens is 290 g/mol. The molecule has 0 radical (unpaired) electrons. The average Bonchev–Trinajstić information content (AvgIpc) is 2.41. The van der Waals surface area contributed by atoms with Gasteiger partial charge in [0, 0.05) is 40.7 Å². The summed E-state index contributed by atoms with van der Waals surface area (Å²) >= 11 is 6.14. The summed E-state index contributed by atoms with van der Waals surface area (Å²) in [5.74, 6) is -0.917. The van der Waals surface area contributed by atoms with Crippen molar-refractivity contribution >= 4 is 17.6 Å². The molecule has 0 aliphatic rings. The monoisotopic (exact) mass is 305 g/mol. The van der Waals surface area contributed by atoms with E-state index in [9.17, 15) is 9.59 Å². The molecule has 0 fully saturated rings. The van der Waals surface area contributed by atoms with Crippen molar-refractivity contribution in [2.24, 2.45) is 0 Å². The number of benzene rings is 1. The molecule has 0 aliphatic heterocycles. The molecule has 1 heterocycles. The van der Waals surface area contributed by atoms with Crippen LogP contribution < -0.4 is 5.43 Å². The van der Waals surface area contributed by atoms with Gasteiger partial charge >= 0.3 is 5.97 Å². The Morgan fingerprint density at radius 1 is 1.29 bits per heavy atom. The van der Waals surface area contributed by atoms with Crippen LogP contribution in [0.3, 0.4) is 0 Å². The highest BCUT2D eigenvalue weighted by Gasteiger charge is 2.08. The summed E-state index contributed by atoms with van der Waals surface area (Å²) in [6.07, 6.45) is 1.85. The zero-order valence-corrected chi connectivity index (χ0v) is 12.6. The molecule has 2 rings (SSSR count). The summed E-state index contributed by atoms with van der Waals surface area (Å²) in [4.78, 5) is 22.6. The van der Waals surface area contributed by atoms with Crippen LogP contribution in [0.5, 0.6) is 0 Å². The lowest BCUT2D eigenvalue weighted by Crippen LogP contribution is -2.15. The number of aromatic nitrogens is 1. The predicted molar refractivity (Wildman–Crippen MR) is 82.5 cm³/mol. The predicted octanol–water partition coefficient (Wildman–Crippen LogP) is 3.12. The fraction of sp³-hybridized carbons (Fsp3) is 0.250. The van der Waals surface area contributed by atoms with Crippen LogP contribution in [0, 0.1) is 13.8 Å². The first-order valence-electron chi connectivity index (χ1n) is 6.59. The van der Waals surface area contributed by atoms with Crippen molar-refractivity contribution in [3.8, 4) is 5.69 Å². The van der Waals surface area contributed by atoms with Gasteiger partial charge in [0.25, 0.3) is 0 Å². The molecule has 0 atom stereocenters. The van der Waals surface area contributed by atoms with E-state index in [0.29, 0.717) is 10.6 Å². The minimum atomic E-state index is -0.917. The Hall–Kier alpha value is -2.07. The highest BCUT2D eigenvalue weighted by molar-refractivity contribution is 6.31. The first-order chi connectivity index (χ1) is 9.88. The molecule has 1 N–H and O–H groups in total. The van der Waals surface area contributed by atoms with E-state index in [2.05, 4.69) is 0 Å². The van der Waals surface area contributed by atoms with Crippen LogP contribution in [0.2, 0.25) is 5.02 Å². The topological polar surface area (TPSA) is 59.3 Å². The fourth-order valence-electron chi connectivity index (χ4n) is 2.11. The number of carbonyl (C=O) groups is 1. The second-order valence-electron chi connectivity index (χ2n) is 5.00. The third kappa shape index (κ3) is 3.52. The van der Waals surface area contributed by atoms with Gasteiger partial charge in [0.05, 0.1) is 0 Å². The van der Waals surface area contributed by atoms with E-state index in [1.807, 2.05) is 36.6 Å². The van der Waals surface area contributed by atoms with Gasteiger partial charge in [-0.3, -0.25) is 9.59 Å². The zero-order chi connectivity index (χ0) is 15.6. The molecule has 21 heavy (non-hydrogen) atoms. The van der Waals surface area contributed by atoms with Crippen LogP contribution in [0.4, 0.5) is 0 Å². The molecule has 5 heteroatoms. The summed E-state index contributed by atoms with van der Waals surface area (Å²) < 4.78 is 1.85. The van der Waals surface area contributed by atoms with Crippen molar-refractivity contribution < 1.29 is 9.90 Å². The van der Waals surface area contributed by atoms with E-state index in [0.717, 1.165) is 16.9 Å². The normalized spacial score (nSPS) is 10.6. The number of aryl methyl sites for hydroxylation is 3. The highest BCUT2D eigenvalue weighted by atomic mass is 35.5. The van der Waals surface area contributed by atoms with E-state index < -0.39 is 5.97 Å². The van der Waals surface area contributed by atoms with Gasteiger partial charge in [0.15, 0.2) is 5.43 Å².